The van der Waals surface area contributed by atoms with Gasteiger partial charge in [-0.3, -0.25) is 0 Å². The molecule has 1 aromatic carbocycles. The lowest BCUT2D eigenvalue weighted by molar-refractivity contribution is 0.886. The van der Waals surface area contributed by atoms with E-state index in [0.29, 0.717) is 5.13 Å². The Kier molecular flexibility index (Phi) is 2.25. The maximum absolute atomic E-state index is 4.48. The molecular weight excluding hydrogens is 236 g/mol. The number of hydrogen-bond acceptors (Lipinski definition) is 6. The summed E-state index contributed by atoms with van der Waals surface area (Å²) in [5, 5.41) is 11.2. The molecule has 3 aromatic rings. The Balaban J connectivity index is 2.02. The molecule has 2 aromatic heterocycles. The number of anilines is 2. The van der Waals surface area contributed by atoms with Crippen LogP contribution in [-0.4, -0.2) is 24.4 Å². The van der Waals surface area contributed by atoms with Gasteiger partial charge < -0.3 is 9.88 Å². The fraction of sp³-hybridized carbons (Fsp3) is 0.200. The first kappa shape index (κ1) is 10.2. The van der Waals surface area contributed by atoms with E-state index in [0.717, 1.165) is 22.5 Å². The standard InChI is InChI=1S/C10H10N6S/c1-6-11-8-5-7(3-4-9(8)16(6)2)12-10-13-14-15-17-10/h3-5H,1-2H3,(H,12,13,15). The van der Waals surface area contributed by atoms with Gasteiger partial charge in [0.2, 0.25) is 5.13 Å². The van der Waals surface area contributed by atoms with Gasteiger partial charge >= 0.3 is 0 Å². The molecule has 86 valence electrons. The normalized spacial score (nSPS) is 10.9. The van der Waals surface area contributed by atoms with E-state index >= 15 is 0 Å². The van der Waals surface area contributed by atoms with Crippen molar-refractivity contribution in [3.63, 3.8) is 0 Å². The molecule has 7 heteroatoms. The van der Waals surface area contributed by atoms with E-state index in [1.807, 2.05) is 32.2 Å². The average Bonchev–Trinajstić information content (AvgIpc) is 2.89. The van der Waals surface area contributed by atoms with Crippen LogP contribution in [0.5, 0.6) is 0 Å². The molecule has 0 saturated carbocycles. The molecule has 0 atom stereocenters. The maximum Gasteiger partial charge on any atom is 0.229 e. The number of nitrogens with one attached hydrogen (secondary N) is 1. The zero-order valence-electron chi connectivity index (χ0n) is 9.38. The van der Waals surface area contributed by atoms with E-state index in [9.17, 15) is 0 Å². The molecule has 0 radical (unpaired) electrons. The minimum atomic E-state index is 0.678. The van der Waals surface area contributed by atoms with Crippen molar-refractivity contribution < 1.29 is 0 Å². The number of imidazole rings is 1. The first-order chi connectivity index (χ1) is 8.24. The Labute approximate surface area is 101 Å². The number of fused-ring (bicyclic) bond motifs is 1. The van der Waals surface area contributed by atoms with Crippen molar-refractivity contribution in [3.8, 4) is 0 Å². The highest BCUT2D eigenvalue weighted by molar-refractivity contribution is 7.09. The monoisotopic (exact) mass is 246 g/mol. The number of aryl methyl sites for hydroxylation is 2. The van der Waals surface area contributed by atoms with Gasteiger partial charge in [-0.1, -0.05) is 9.59 Å². The second kappa shape index (κ2) is 3.77. The Morgan fingerprint density at radius 2 is 2.24 bits per heavy atom. The van der Waals surface area contributed by atoms with E-state index < -0.39 is 0 Å². The van der Waals surface area contributed by atoms with Gasteiger partial charge in [-0.2, -0.15) is 0 Å². The summed E-state index contributed by atoms with van der Waals surface area (Å²) in [5.74, 6) is 0.995. The summed E-state index contributed by atoms with van der Waals surface area (Å²) in [5.41, 5.74) is 3.02. The molecule has 0 fully saturated rings. The predicted octanol–water partition coefficient (Wildman–Crippen LogP) is 1.87. The molecule has 17 heavy (non-hydrogen) atoms. The predicted molar refractivity (Wildman–Crippen MR) is 66.4 cm³/mol. The van der Waals surface area contributed by atoms with Gasteiger partial charge in [-0.25, -0.2) is 4.98 Å². The molecule has 0 aliphatic rings. The van der Waals surface area contributed by atoms with Crippen molar-refractivity contribution in [2.75, 3.05) is 5.32 Å². The van der Waals surface area contributed by atoms with Crippen LogP contribution in [0.4, 0.5) is 10.8 Å². The van der Waals surface area contributed by atoms with Crippen LogP contribution in [0, 0.1) is 6.92 Å². The molecule has 3 rings (SSSR count). The van der Waals surface area contributed by atoms with Crippen molar-refractivity contribution in [2.45, 2.75) is 6.92 Å². The lowest BCUT2D eigenvalue weighted by Crippen LogP contribution is -1.91. The zero-order valence-corrected chi connectivity index (χ0v) is 10.2. The van der Waals surface area contributed by atoms with Gasteiger partial charge in [0, 0.05) is 24.3 Å². The Morgan fingerprint density at radius 3 is 3.00 bits per heavy atom. The third-order valence-electron chi connectivity index (χ3n) is 2.66. The largest absolute Gasteiger partial charge is 0.331 e. The van der Waals surface area contributed by atoms with Crippen molar-refractivity contribution in [3.05, 3.63) is 24.0 Å². The van der Waals surface area contributed by atoms with Gasteiger partial charge in [-0.15, -0.1) is 0 Å². The molecule has 0 unspecified atom stereocenters. The molecule has 2 heterocycles. The van der Waals surface area contributed by atoms with Gasteiger partial charge in [0.25, 0.3) is 0 Å². The summed E-state index contributed by atoms with van der Waals surface area (Å²) < 4.78 is 5.76. The average molecular weight is 246 g/mol. The van der Waals surface area contributed by atoms with E-state index in [1.54, 1.807) is 0 Å². The summed E-state index contributed by atoms with van der Waals surface area (Å²) in [4.78, 5) is 4.48. The van der Waals surface area contributed by atoms with E-state index in [1.165, 1.54) is 11.5 Å². The molecule has 6 nitrogen and oxygen atoms in total. The SMILES string of the molecule is Cc1nc2cc(Nc3nnns3)ccc2n1C. The third-order valence-corrected chi connectivity index (χ3v) is 3.17. The summed E-state index contributed by atoms with van der Waals surface area (Å²) in [6.07, 6.45) is 0. The Hall–Kier alpha value is -2.02. The van der Waals surface area contributed by atoms with Gasteiger partial charge in [0.15, 0.2) is 0 Å². The number of nitrogens with zero attached hydrogens (tertiary/aromatic N) is 5. The number of benzene rings is 1. The van der Waals surface area contributed by atoms with E-state index in [2.05, 4.69) is 29.7 Å². The second-order valence-electron chi connectivity index (χ2n) is 3.71. The van der Waals surface area contributed by atoms with Crippen LogP contribution in [0.15, 0.2) is 18.2 Å². The molecule has 0 bridgehead atoms. The van der Waals surface area contributed by atoms with Gasteiger partial charge in [-0.05, 0) is 30.3 Å². The Bertz CT molecular complexity index is 657. The minimum absolute atomic E-state index is 0.678. The lowest BCUT2D eigenvalue weighted by atomic mass is 10.3. The highest BCUT2D eigenvalue weighted by Crippen LogP contribution is 2.22. The van der Waals surface area contributed by atoms with Crippen molar-refractivity contribution in [1.29, 1.82) is 0 Å². The smallest absolute Gasteiger partial charge is 0.229 e. The van der Waals surface area contributed by atoms with Crippen LogP contribution in [0.25, 0.3) is 11.0 Å². The second-order valence-corrected chi connectivity index (χ2v) is 4.45. The van der Waals surface area contributed by atoms with Crippen LogP contribution >= 0.6 is 11.5 Å². The van der Waals surface area contributed by atoms with Gasteiger partial charge in [0.1, 0.15) is 5.82 Å². The highest BCUT2D eigenvalue weighted by Gasteiger charge is 2.05. The van der Waals surface area contributed by atoms with E-state index in [-0.39, 0.29) is 0 Å². The number of aromatic nitrogens is 5. The van der Waals surface area contributed by atoms with E-state index in [4.69, 9.17) is 0 Å². The fourth-order valence-corrected chi connectivity index (χ4v) is 2.09. The third kappa shape index (κ3) is 1.74. The topological polar surface area (TPSA) is 68.5 Å². The molecule has 0 saturated heterocycles. The lowest BCUT2D eigenvalue weighted by Gasteiger charge is -2.01. The summed E-state index contributed by atoms with van der Waals surface area (Å²) in [7, 11) is 2.01. The first-order valence-electron chi connectivity index (χ1n) is 5.09. The molecule has 0 amide bonds. The molecular formula is C10H10N6S. The van der Waals surface area contributed by atoms with Gasteiger partial charge in [0.05, 0.1) is 11.0 Å². The quantitative estimate of drug-likeness (QED) is 0.747. The van der Waals surface area contributed by atoms with Crippen LogP contribution in [0.1, 0.15) is 5.82 Å². The highest BCUT2D eigenvalue weighted by atomic mass is 32.1. The van der Waals surface area contributed by atoms with Crippen LogP contribution < -0.4 is 5.32 Å². The van der Waals surface area contributed by atoms with Crippen LogP contribution in [0.3, 0.4) is 0 Å². The number of rotatable bonds is 2. The Morgan fingerprint density at radius 1 is 1.35 bits per heavy atom. The number of hydrogen-bond donors (Lipinski definition) is 1. The van der Waals surface area contributed by atoms with Crippen LogP contribution in [-0.2, 0) is 7.05 Å². The zero-order chi connectivity index (χ0) is 11.8. The minimum Gasteiger partial charge on any atom is -0.331 e. The fourth-order valence-electron chi connectivity index (χ4n) is 1.70. The maximum atomic E-state index is 4.48. The summed E-state index contributed by atoms with van der Waals surface area (Å²) in [6.45, 7) is 1.99. The molecule has 1 N–H and O–H groups in total. The molecule has 0 spiro atoms. The van der Waals surface area contributed by atoms with Crippen LogP contribution in [0.2, 0.25) is 0 Å². The van der Waals surface area contributed by atoms with Crippen molar-refractivity contribution in [1.82, 2.24) is 24.4 Å². The summed E-state index contributed by atoms with van der Waals surface area (Å²) in [6, 6.07) is 6.01. The van der Waals surface area contributed by atoms with Crippen molar-refractivity contribution in [2.24, 2.45) is 7.05 Å². The van der Waals surface area contributed by atoms with Crippen molar-refractivity contribution >= 4 is 33.4 Å². The summed E-state index contributed by atoms with van der Waals surface area (Å²) >= 11 is 1.22. The first-order valence-corrected chi connectivity index (χ1v) is 5.86. The molecule has 0 aliphatic carbocycles. The molecule has 0 aliphatic heterocycles.